The molecule has 3 N–H and O–H groups in total. The van der Waals surface area contributed by atoms with E-state index in [9.17, 15) is 14.4 Å². The molecule has 9 nitrogen and oxygen atoms in total. The van der Waals surface area contributed by atoms with Crippen molar-refractivity contribution in [2.75, 3.05) is 21.1 Å². The molecule has 1 aromatic heterocycles. The van der Waals surface area contributed by atoms with Gasteiger partial charge in [-0.15, -0.1) is 10.2 Å². The van der Waals surface area contributed by atoms with Gasteiger partial charge in [-0.2, -0.15) is 0 Å². The molecular formula is C9H12N6O3. The van der Waals surface area contributed by atoms with E-state index in [0.29, 0.717) is 0 Å². The van der Waals surface area contributed by atoms with Crippen molar-refractivity contribution in [1.82, 2.24) is 31.4 Å². The molecule has 0 bridgehead atoms. The van der Waals surface area contributed by atoms with E-state index in [-0.39, 0.29) is 17.0 Å². The second-order valence-corrected chi connectivity index (χ2v) is 3.10. The minimum atomic E-state index is -0.644. The number of aromatic nitrogens is 3. The minimum absolute atomic E-state index is 0.216. The van der Waals surface area contributed by atoms with Crippen LogP contribution < -0.4 is 16.0 Å². The summed E-state index contributed by atoms with van der Waals surface area (Å²) in [5, 5.41) is 17.2. The van der Waals surface area contributed by atoms with Gasteiger partial charge in [0.15, 0.2) is 11.4 Å². The Morgan fingerprint density at radius 2 is 1.17 bits per heavy atom. The van der Waals surface area contributed by atoms with Gasteiger partial charge in [-0.1, -0.05) is 0 Å². The van der Waals surface area contributed by atoms with Crippen molar-refractivity contribution in [2.45, 2.75) is 0 Å². The average molecular weight is 252 g/mol. The summed E-state index contributed by atoms with van der Waals surface area (Å²) in [6, 6.07) is 0. The average Bonchev–Trinajstić information content (AvgIpc) is 2.43. The van der Waals surface area contributed by atoms with Crippen molar-refractivity contribution < 1.29 is 14.4 Å². The second-order valence-electron chi connectivity index (χ2n) is 3.10. The molecular weight excluding hydrogens is 240 g/mol. The van der Waals surface area contributed by atoms with Crippen LogP contribution in [-0.4, -0.2) is 54.3 Å². The Morgan fingerprint density at radius 3 is 1.50 bits per heavy atom. The lowest BCUT2D eigenvalue weighted by molar-refractivity contribution is 0.0906. The number of carbonyl (C=O) groups is 3. The highest BCUT2D eigenvalue weighted by atomic mass is 16.2. The molecule has 0 saturated heterocycles. The largest absolute Gasteiger partial charge is 0.355 e. The molecule has 0 aliphatic carbocycles. The zero-order chi connectivity index (χ0) is 13.7. The number of hydrogen-bond acceptors (Lipinski definition) is 6. The van der Waals surface area contributed by atoms with E-state index in [1.54, 1.807) is 0 Å². The summed E-state index contributed by atoms with van der Waals surface area (Å²) in [6.45, 7) is 0. The maximum absolute atomic E-state index is 11.7. The first kappa shape index (κ1) is 13.5. The van der Waals surface area contributed by atoms with Crippen LogP contribution in [0, 0.1) is 0 Å². The molecule has 18 heavy (non-hydrogen) atoms. The van der Waals surface area contributed by atoms with Gasteiger partial charge in [0.05, 0.1) is 0 Å². The van der Waals surface area contributed by atoms with E-state index in [0.717, 1.165) is 0 Å². The second kappa shape index (κ2) is 5.66. The number of amides is 3. The number of nitrogens with one attached hydrogen (secondary N) is 3. The van der Waals surface area contributed by atoms with E-state index < -0.39 is 17.7 Å². The van der Waals surface area contributed by atoms with Gasteiger partial charge in [0.25, 0.3) is 17.7 Å². The Hall–Kier alpha value is -2.58. The van der Waals surface area contributed by atoms with Gasteiger partial charge in [-0.3, -0.25) is 14.4 Å². The zero-order valence-electron chi connectivity index (χ0n) is 10.1. The van der Waals surface area contributed by atoms with Crippen LogP contribution in [0.15, 0.2) is 0 Å². The number of nitrogens with zero attached hydrogens (tertiary/aromatic N) is 3. The van der Waals surface area contributed by atoms with E-state index in [4.69, 9.17) is 0 Å². The molecule has 0 unspecified atom stereocenters. The summed E-state index contributed by atoms with van der Waals surface area (Å²) in [5.74, 6) is -1.91. The van der Waals surface area contributed by atoms with Crippen molar-refractivity contribution >= 4 is 17.7 Å². The molecule has 0 aliphatic rings. The Labute approximate surface area is 102 Å². The first-order valence-electron chi connectivity index (χ1n) is 4.96. The Balaban J connectivity index is 3.49. The molecule has 1 aromatic rings. The topological polar surface area (TPSA) is 126 Å². The fourth-order valence-corrected chi connectivity index (χ4v) is 1.22. The summed E-state index contributed by atoms with van der Waals surface area (Å²) in [6.07, 6.45) is 0. The molecule has 0 atom stereocenters. The maximum atomic E-state index is 11.7. The number of hydrogen-bond donors (Lipinski definition) is 3. The van der Waals surface area contributed by atoms with Gasteiger partial charge in [0.2, 0.25) is 0 Å². The predicted octanol–water partition coefficient (Wildman–Crippen LogP) is -2.05. The first-order valence-corrected chi connectivity index (χ1v) is 4.96. The quantitative estimate of drug-likeness (QED) is 0.568. The Morgan fingerprint density at radius 1 is 0.778 bits per heavy atom. The Bertz CT molecular complexity index is 467. The van der Waals surface area contributed by atoms with Crippen molar-refractivity contribution in [1.29, 1.82) is 0 Å². The lowest BCUT2D eigenvalue weighted by Crippen LogP contribution is -2.32. The lowest BCUT2D eigenvalue weighted by atomic mass is 10.1. The molecule has 3 amide bonds. The highest BCUT2D eigenvalue weighted by molar-refractivity contribution is 6.12. The van der Waals surface area contributed by atoms with Gasteiger partial charge in [-0.25, -0.2) is 0 Å². The SMILES string of the molecule is CNC(=O)c1nnnc(C(=O)NC)c1C(=O)NC. The van der Waals surface area contributed by atoms with E-state index in [1.807, 2.05) is 0 Å². The van der Waals surface area contributed by atoms with Crippen LogP contribution in [0.25, 0.3) is 0 Å². The van der Waals surface area contributed by atoms with Gasteiger partial charge in [0, 0.05) is 21.1 Å². The van der Waals surface area contributed by atoms with Gasteiger partial charge >= 0.3 is 0 Å². The molecule has 1 rings (SSSR count). The van der Waals surface area contributed by atoms with Gasteiger partial charge in [0.1, 0.15) is 5.56 Å². The molecule has 0 fully saturated rings. The highest BCUT2D eigenvalue weighted by Crippen LogP contribution is 2.09. The standard InChI is InChI=1S/C9H12N6O3/c1-10-7(16)4-5(8(17)11-2)13-15-14-6(4)9(18)12-3/h1-3H3,(H,10,16)(H,11,17)(H,12,18). The minimum Gasteiger partial charge on any atom is -0.355 e. The van der Waals surface area contributed by atoms with Crippen molar-refractivity contribution in [3.05, 3.63) is 17.0 Å². The van der Waals surface area contributed by atoms with Gasteiger partial charge in [-0.05, 0) is 5.21 Å². The fraction of sp³-hybridized carbons (Fsp3) is 0.333. The van der Waals surface area contributed by atoms with E-state index in [2.05, 4.69) is 31.4 Å². The smallest absolute Gasteiger partial charge is 0.272 e. The molecule has 0 spiro atoms. The molecule has 9 heteroatoms. The third-order valence-corrected chi connectivity index (χ3v) is 2.10. The highest BCUT2D eigenvalue weighted by Gasteiger charge is 2.26. The van der Waals surface area contributed by atoms with Crippen LogP contribution >= 0.6 is 0 Å². The number of rotatable bonds is 3. The zero-order valence-corrected chi connectivity index (χ0v) is 10.1. The monoisotopic (exact) mass is 252 g/mol. The lowest BCUT2D eigenvalue weighted by Gasteiger charge is -2.08. The van der Waals surface area contributed by atoms with E-state index >= 15 is 0 Å². The normalized spacial score (nSPS) is 9.50. The Kier molecular flexibility index (Phi) is 4.24. The summed E-state index contributed by atoms with van der Waals surface area (Å²) in [7, 11) is 4.11. The molecule has 0 saturated carbocycles. The third-order valence-electron chi connectivity index (χ3n) is 2.10. The van der Waals surface area contributed by atoms with Crippen molar-refractivity contribution in [3.8, 4) is 0 Å². The van der Waals surface area contributed by atoms with Gasteiger partial charge < -0.3 is 16.0 Å². The van der Waals surface area contributed by atoms with Crippen LogP contribution in [-0.2, 0) is 0 Å². The summed E-state index contributed by atoms with van der Waals surface area (Å²) in [4.78, 5) is 34.8. The van der Waals surface area contributed by atoms with Crippen LogP contribution in [0.5, 0.6) is 0 Å². The van der Waals surface area contributed by atoms with E-state index in [1.165, 1.54) is 21.1 Å². The molecule has 0 aliphatic heterocycles. The van der Waals surface area contributed by atoms with Crippen molar-refractivity contribution in [2.24, 2.45) is 0 Å². The van der Waals surface area contributed by atoms with Crippen LogP contribution in [0.4, 0.5) is 0 Å². The molecule has 0 aromatic carbocycles. The van der Waals surface area contributed by atoms with Crippen LogP contribution in [0.2, 0.25) is 0 Å². The van der Waals surface area contributed by atoms with Crippen LogP contribution in [0.1, 0.15) is 31.3 Å². The first-order chi connectivity index (χ1) is 8.56. The van der Waals surface area contributed by atoms with Crippen molar-refractivity contribution in [3.63, 3.8) is 0 Å². The number of carbonyl (C=O) groups excluding carboxylic acids is 3. The molecule has 0 radical (unpaired) electrons. The fourth-order valence-electron chi connectivity index (χ4n) is 1.22. The maximum Gasteiger partial charge on any atom is 0.272 e. The van der Waals surface area contributed by atoms with Crippen LogP contribution in [0.3, 0.4) is 0 Å². The predicted molar refractivity (Wildman–Crippen MR) is 60.0 cm³/mol. The summed E-state index contributed by atoms with van der Waals surface area (Å²) < 4.78 is 0. The summed E-state index contributed by atoms with van der Waals surface area (Å²) >= 11 is 0. The molecule has 1 heterocycles. The third kappa shape index (κ3) is 2.39. The summed E-state index contributed by atoms with van der Waals surface area (Å²) in [5.41, 5.74) is -0.734. The molecule has 96 valence electrons.